The Labute approximate surface area is 78.9 Å². The SMILES string of the molecule is COC(=O)CNC(=O)NS(=O)(=O)Cl. The average Bonchev–Trinajstić information content (AvgIpc) is 1.97. The van der Waals surface area contributed by atoms with Gasteiger partial charge in [-0.15, -0.1) is 0 Å². The Morgan fingerprint density at radius 2 is 2.00 bits per heavy atom. The van der Waals surface area contributed by atoms with Gasteiger partial charge in [0.15, 0.2) is 0 Å². The Balaban J connectivity index is 3.84. The highest BCUT2D eigenvalue weighted by atomic mass is 35.7. The van der Waals surface area contributed by atoms with Crippen LogP contribution in [0.2, 0.25) is 0 Å². The maximum atomic E-state index is 10.6. The highest BCUT2D eigenvalue weighted by Gasteiger charge is 2.10. The Hall–Kier alpha value is -1.02. The highest BCUT2D eigenvalue weighted by Crippen LogP contribution is 1.87. The molecule has 0 atom stereocenters. The topological polar surface area (TPSA) is 102 Å². The molecule has 0 bridgehead atoms. The van der Waals surface area contributed by atoms with Crippen molar-refractivity contribution in [2.75, 3.05) is 13.7 Å². The predicted octanol–water partition coefficient (Wildman–Crippen LogP) is -1.06. The van der Waals surface area contributed by atoms with Crippen LogP contribution in [0.15, 0.2) is 0 Å². The molecule has 7 nitrogen and oxygen atoms in total. The summed E-state index contributed by atoms with van der Waals surface area (Å²) in [6.45, 7) is -0.436. The van der Waals surface area contributed by atoms with Crippen LogP contribution in [0.25, 0.3) is 0 Å². The highest BCUT2D eigenvalue weighted by molar-refractivity contribution is 8.12. The zero-order chi connectivity index (χ0) is 10.5. The Morgan fingerprint density at radius 1 is 1.46 bits per heavy atom. The zero-order valence-electron chi connectivity index (χ0n) is 6.53. The fourth-order valence-electron chi connectivity index (χ4n) is 0.371. The largest absolute Gasteiger partial charge is 0.468 e. The summed E-state index contributed by atoms with van der Waals surface area (Å²) in [5.41, 5.74) is 0. The van der Waals surface area contributed by atoms with Crippen molar-refractivity contribution >= 4 is 31.9 Å². The van der Waals surface area contributed by atoms with E-state index in [-0.39, 0.29) is 0 Å². The average molecular weight is 231 g/mol. The molecule has 0 saturated heterocycles. The monoisotopic (exact) mass is 230 g/mol. The molecule has 0 aromatic heterocycles. The van der Waals surface area contributed by atoms with Gasteiger partial charge in [-0.25, -0.2) is 9.52 Å². The number of rotatable bonds is 3. The van der Waals surface area contributed by atoms with E-state index in [2.05, 4.69) is 15.4 Å². The van der Waals surface area contributed by atoms with E-state index in [1.54, 1.807) is 0 Å². The summed E-state index contributed by atoms with van der Waals surface area (Å²) >= 11 is 0. The third-order valence-corrected chi connectivity index (χ3v) is 1.50. The van der Waals surface area contributed by atoms with Crippen LogP contribution in [-0.4, -0.2) is 34.1 Å². The molecule has 2 N–H and O–H groups in total. The molecule has 0 radical (unpaired) electrons. The number of urea groups is 1. The smallest absolute Gasteiger partial charge is 0.329 e. The maximum Gasteiger partial charge on any atom is 0.329 e. The van der Waals surface area contributed by atoms with Crippen molar-refractivity contribution in [2.24, 2.45) is 0 Å². The first kappa shape index (κ1) is 12.0. The van der Waals surface area contributed by atoms with E-state index in [1.165, 1.54) is 4.72 Å². The van der Waals surface area contributed by atoms with Crippen molar-refractivity contribution in [2.45, 2.75) is 0 Å². The van der Waals surface area contributed by atoms with Gasteiger partial charge in [-0.2, -0.15) is 8.42 Å². The van der Waals surface area contributed by atoms with Crippen LogP contribution in [0.3, 0.4) is 0 Å². The molecule has 0 unspecified atom stereocenters. The minimum atomic E-state index is -4.12. The summed E-state index contributed by atoms with van der Waals surface area (Å²) < 4.78 is 26.0. The standard InChI is InChI=1S/C4H7ClN2O5S/c1-12-3(8)2-6-4(9)7-13(5,10)11/h2H2,1H3,(H2,6,7,9). The number of carbonyl (C=O) groups excluding carboxylic acids is 2. The number of ether oxygens (including phenoxy) is 1. The normalized spacial score (nSPS) is 10.3. The lowest BCUT2D eigenvalue weighted by atomic mass is 10.6. The van der Waals surface area contributed by atoms with Crippen LogP contribution >= 0.6 is 10.7 Å². The van der Waals surface area contributed by atoms with Gasteiger partial charge in [0, 0.05) is 10.7 Å². The van der Waals surface area contributed by atoms with E-state index in [1.807, 2.05) is 5.32 Å². The van der Waals surface area contributed by atoms with Gasteiger partial charge >= 0.3 is 21.2 Å². The van der Waals surface area contributed by atoms with E-state index in [0.29, 0.717) is 0 Å². The lowest BCUT2D eigenvalue weighted by Gasteiger charge is -2.02. The molecule has 13 heavy (non-hydrogen) atoms. The van der Waals surface area contributed by atoms with E-state index in [4.69, 9.17) is 0 Å². The molecule has 9 heteroatoms. The van der Waals surface area contributed by atoms with Crippen molar-refractivity contribution in [3.63, 3.8) is 0 Å². The van der Waals surface area contributed by atoms with Crippen molar-refractivity contribution < 1.29 is 22.7 Å². The van der Waals surface area contributed by atoms with Crippen molar-refractivity contribution in [1.82, 2.24) is 10.0 Å². The van der Waals surface area contributed by atoms with Crippen LogP contribution in [0, 0.1) is 0 Å². The van der Waals surface area contributed by atoms with Crippen LogP contribution < -0.4 is 10.0 Å². The number of nitrogens with one attached hydrogen (secondary N) is 2. The molecule has 0 saturated carbocycles. The lowest BCUT2D eigenvalue weighted by molar-refractivity contribution is -0.139. The van der Waals surface area contributed by atoms with Crippen LogP contribution in [0.5, 0.6) is 0 Å². The number of hydrogen-bond donors (Lipinski definition) is 2. The molecule has 0 rings (SSSR count). The molecule has 0 spiro atoms. The van der Waals surface area contributed by atoms with Crippen molar-refractivity contribution in [3.05, 3.63) is 0 Å². The van der Waals surface area contributed by atoms with Gasteiger partial charge in [0.05, 0.1) is 7.11 Å². The molecule has 76 valence electrons. The molecule has 0 aliphatic carbocycles. The number of carbonyl (C=O) groups is 2. The van der Waals surface area contributed by atoms with Gasteiger partial charge in [0.1, 0.15) is 6.54 Å². The Morgan fingerprint density at radius 3 is 2.38 bits per heavy atom. The van der Waals surface area contributed by atoms with Gasteiger partial charge in [-0.05, 0) is 0 Å². The second-order valence-corrected chi connectivity index (χ2v) is 4.10. The second kappa shape index (κ2) is 4.87. The van der Waals surface area contributed by atoms with Crippen molar-refractivity contribution in [3.8, 4) is 0 Å². The minimum absolute atomic E-state index is 0.436. The van der Waals surface area contributed by atoms with E-state index in [0.717, 1.165) is 7.11 Å². The first-order chi connectivity index (χ1) is 5.85. The predicted molar refractivity (Wildman–Crippen MR) is 43.3 cm³/mol. The number of esters is 1. The summed E-state index contributed by atoms with van der Waals surface area (Å²) in [6.07, 6.45) is 0. The molecular weight excluding hydrogens is 224 g/mol. The van der Waals surface area contributed by atoms with Crippen LogP contribution in [0.4, 0.5) is 4.79 Å². The van der Waals surface area contributed by atoms with Gasteiger partial charge < -0.3 is 10.1 Å². The first-order valence-electron chi connectivity index (χ1n) is 2.92. The molecular formula is C4H7ClN2O5S. The molecule has 0 aliphatic heterocycles. The number of hydrogen-bond acceptors (Lipinski definition) is 5. The van der Waals surface area contributed by atoms with Gasteiger partial charge in [-0.3, -0.25) is 4.79 Å². The summed E-state index contributed by atoms with van der Waals surface area (Å²) in [7, 11) is 1.67. The minimum Gasteiger partial charge on any atom is -0.468 e. The quantitative estimate of drug-likeness (QED) is 0.476. The van der Waals surface area contributed by atoms with Gasteiger partial charge in [0.25, 0.3) is 0 Å². The number of halogens is 1. The third kappa shape index (κ3) is 7.34. The lowest BCUT2D eigenvalue weighted by Crippen LogP contribution is -2.40. The number of methoxy groups -OCH3 is 1. The van der Waals surface area contributed by atoms with E-state index in [9.17, 15) is 18.0 Å². The first-order valence-corrected chi connectivity index (χ1v) is 5.23. The molecule has 2 amide bonds. The van der Waals surface area contributed by atoms with E-state index < -0.39 is 27.8 Å². The summed E-state index contributed by atoms with van der Waals surface area (Å²) in [6, 6.07) is -1.10. The Bertz CT molecular complexity index is 300. The van der Waals surface area contributed by atoms with Crippen LogP contribution in [-0.2, 0) is 18.8 Å². The fraction of sp³-hybridized carbons (Fsp3) is 0.500. The molecule has 0 aromatic carbocycles. The van der Waals surface area contributed by atoms with Gasteiger partial charge in [-0.1, -0.05) is 0 Å². The Kier molecular flexibility index (Phi) is 4.49. The summed E-state index contributed by atoms with van der Waals surface area (Å²) in [5, 5.41) is 1.90. The van der Waals surface area contributed by atoms with Crippen LogP contribution in [0.1, 0.15) is 0 Å². The van der Waals surface area contributed by atoms with E-state index >= 15 is 0 Å². The number of amides is 2. The third-order valence-electron chi connectivity index (χ3n) is 0.836. The fourth-order valence-corrected chi connectivity index (χ4v) is 0.875. The molecule has 0 fully saturated rings. The van der Waals surface area contributed by atoms with Gasteiger partial charge in [0.2, 0.25) is 0 Å². The second-order valence-electron chi connectivity index (χ2n) is 1.80. The zero-order valence-corrected chi connectivity index (χ0v) is 8.11. The molecule has 0 aromatic rings. The summed E-state index contributed by atoms with van der Waals surface area (Å²) in [5.74, 6) is -0.706. The molecule has 0 heterocycles. The summed E-state index contributed by atoms with van der Waals surface area (Å²) in [4.78, 5) is 21.0. The van der Waals surface area contributed by atoms with Crippen molar-refractivity contribution in [1.29, 1.82) is 0 Å². The molecule has 0 aliphatic rings. The maximum absolute atomic E-state index is 10.6.